The van der Waals surface area contributed by atoms with Crippen LogP contribution in [0.2, 0.25) is 0 Å². The summed E-state index contributed by atoms with van der Waals surface area (Å²) in [4.78, 5) is 13.2. The summed E-state index contributed by atoms with van der Waals surface area (Å²) in [7, 11) is 0. The second-order valence-electron chi connectivity index (χ2n) is 6.35. The van der Waals surface area contributed by atoms with Gasteiger partial charge in [0.1, 0.15) is 17.0 Å². The van der Waals surface area contributed by atoms with Crippen molar-refractivity contribution in [2.45, 2.75) is 38.9 Å². The molecule has 20 heavy (non-hydrogen) atoms. The minimum Gasteiger partial charge on any atom is -0.444 e. The van der Waals surface area contributed by atoms with E-state index in [1.165, 1.54) is 11.0 Å². The molecular weight excluding hydrogens is 261 g/mol. The van der Waals surface area contributed by atoms with E-state index in [2.05, 4.69) is 0 Å². The third-order valence-electron chi connectivity index (χ3n) is 3.18. The molecule has 0 aliphatic carbocycles. The zero-order valence-electron chi connectivity index (χ0n) is 12.2. The second kappa shape index (κ2) is 4.74. The number of halogens is 1. The first-order valence-corrected chi connectivity index (χ1v) is 6.58. The summed E-state index contributed by atoms with van der Waals surface area (Å²) < 4.78 is 19.0. The molecule has 1 aromatic rings. The lowest BCUT2D eigenvalue weighted by molar-refractivity contribution is -0.105. The van der Waals surface area contributed by atoms with Gasteiger partial charge in [-0.15, -0.1) is 0 Å². The average Bonchev–Trinajstić information content (AvgIpc) is 2.25. The molecule has 0 saturated carbocycles. The Morgan fingerprint density at radius 1 is 1.40 bits per heavy atom. The number of nitrogens with zero attached hydrogens (tertiary/aromatic N) is 1. The van der Waals surface area contributed by atoms with Gasteiger partial charge in [-0.1, -0.05) is 17.7 Å². The summed E-state index contributed by atoms with van der Waals surface area (Å²) >= 11 is 0. The maximum atomic E-state index is 13.8. The van der Waals surface area contributed by atoms with Crippen LogP contribution < -0.4 is 0 Å². The molecule has 0 unspecified atom stereocenters. The first-order valence-electron chi connectivity index (χ1n) is 6.58. The van der Waals surface area contributed by atoms with Gasteiger partial charge in [-0.3, -0.25) is 0 Å². The topological polar surface area (TPSA) is 49.8 Å². The lowest BCUT2D eigenvalue weighted by Crippen LogP contribution is -2.62. The third kappa shape index (κ3) is 2.93. The predicted molar refractivity (Wildman–Crippen MR) is 72.8 cm³/mol. The van der Waals surface area contributed by atoms with Gasteiger partial charge >= 0.3 is 6.09 Å². The van der Waals surface area contributed by atoms with Crippen LogP contribution in [0.3, 0.4) is 0 Å². The molecule has 0 spiro atoms. The molecule has 1 heterocycles. The number of likely N-dealkylation sites (tertiary alicyclic amines) is 1. The van der Waals surface area contributed by atoms with Gasteiger partial charge in [0, 0.05) is 5.56 Å². The summed E-state index contributed by atoms with van der Waals surface area (Å²) in [6, 6.07) is 4.59. The van der Waals surface area contributed by atoms with Crippen LogP contribution in [-0.4, -0.2) is 34.8 Å². The molecule has 2 rings (SSSR count). The lowest BCUT2D eigenvalue weighted by atomic mass is 9.85. The van der Waals surface area contributed by atoms with Crippen molar-refractivity contribution in [3.63, 3.8) is 0 Å². The molecule has 0 radical (unpaired) electrons. The minimum atomic E-state index is -1.33. The molecule has 1 fully saturated rings. The predicted octanol–water partition coefficient (Wildman–Crippen LogP) is 2.57. The normalized spacial score (nSPS) is 17.6. The molecule has 1 N–H and O–H groups in total. The van der Waals surface area contributed by atoms with Crippen molar-refractivity contribution in [3.8, 4) is 0 Å². The van der Waals surface area contributed by atoms with Crippen molar-refractivity contribution in [2.24, 2.45) is 0 Å². The molecular formula is C15H20FNO3. The highest BCUT2D eigenvalue weighted by molar-refractivity contribution is 5.70. The maximum absolute atomic E-state index is 13.8. The van der Waals surface area contributed by atoms with Crippen LogP contribution >= 0.6 is 0 Å². The number of carbonyl (C=O) groups excluding carboxylic acids is 1. The van der Waals surface area contributed by atoms with Gasteiger partial charge in [0.15, 0.2) is 0 Å². The summed E-state index contributed by atoms with van der Waals surface area (Å²) in [5.41, 5.74) is -0.810. The van der Waals surface area contributed by atoms with E-state index in [1.54, 1.807) is 32.9 Å². The number of benzene rings is 1. The van der Waals surface area contributed by atoms with E-state index < -0.39 is 23.1 Å². The Kier molecular flexibility index (Phi) is 3.50. The molecule has 0 atom stereocenters. The highest BCUT2D eigenvalue weighted by atomic mass is 19.1. The first kappa shape index (κ1) is 14.8. The zero-order valence-corrected chi connectivity index (χ0v) is 12.2. The number of hydrogen-bond acceptors (Lipinski definition) is 3. The van der Waals surface area contributed by atoms with Crippen LogP contribution in [0.25, 0.3) is 0 Å². The SMILES string of the molecule is Cc1ccc(F)c(C2(O)CN(C(=O)OC(C)(C)C)C2)c1. The van der Waals surface area contributed by atoms with Crippen molar-refractivity contribution >= 4 is 6.09 Å². The van der Waals surface area contributed by atoms with Crippen LogP contribution in [0.5, 0.6) is 0 Å². The van der Waals surface area contributed by atoms with Gasteiger partial charge in [-0.05, 0) is 33.8 Å². The molecule has 1 aromatic carbocycles. The molecule has 4 nitrogen and oxygen atoms in total. The Balaban J connectivity index is 2.07. The molecule has 110 valence electrons. The third-order valence-corrected chi connectivity index (χ3v) is 3.18. The van der Waals surface area contributed by atoms with E-state index in [-0.39, 0.29) is 18.7 Å². The number of hydrogen-bond donors (Lipinski definition) is 1. The quantitative estimate of drug-likeness (QED) is 0.860. The fourth-order valence-electron chi connectivity index (χ4n) is 2.21. The number of rotatable bonds is 1. The van der Waals surface area contributed by atoms with Gasteiger partial charge in [0.05, 0.1) is 13.1 Å². The number of carbonyl (C=O) groups is 1. The van der Waals surface area contributed by atoms with E-state index in [4.69, 9.17) is 4.74 Å². The van der Waals surface area contributed by atoms with E-state index >= 15 is 0 Å². The van der Waals surface area contributed by atoms with E-state index in [0.717, 1.165) is 5.56 Å². The molecule has 1 saturated heterocycles. The van der Waals surface area contributed by atoms with Crippen molar-refractivity contribution in [3.05, 3.63) is 35.1 Å². The number of amides is 1. The Morgan fingerprint density at radius 2 is 2.00 bits per heavy atom. The van der Waals surface area contributed by atoms with Crippen molar-refractivity contribution < 1.29 is 19.0 Å². The Labute approximate surface area is 118 Å². The van der Waals surface area contributed by atoms with Gasteiger partial charge in [-0.2, -0.15) is 0 Å². The van der Waals surface area contributed by atoms with Crippen LogP contribution in [0, 0.1) is 12.7 Å². The highest BCUT2D eigenvalue weighted by Gasteiger charge is 2.47. The molecule has 1 amide bonds. The van der Waals surface area contributed by atoms with Crippen LogP contribution in [-0.2, 0) is 10.3 Å². The van der Waals surface area contributed by atoms with Crippen molar-refractivity contribution in [2.75, 3.05) is 13.1 Å². The summed E-state index contributed by atoms with van der Waals surface area (Å²) in [5.74, 6) is -0.457. The Hall–Kier alpha value is -1.62. The molecule has 0 aromatic heterocycles. The van der Waals surface area contributed by atoms with Gasteiger partial charge < -0.3 is 14.7 Å². The summed E-state index contributed by atoms with van der Waals surface area (Å²) in [6.45, 7) is 7.24. The fraction of sp³-hybridized carbons (Fsp3) is 0.533. The smallest absolute Gasteiger partial charge is 0.410 e. The standard InChI is InChI=1S/C15H20FNO3/c1-10-5-6-12(16)11(7-10)15(19)8-17(9-15)13(18)20-14(2,3)4/h5-7,19H,8-9H2,1-4H3. The average molecular weight is 281 g/mol. The fourth-order valence-corrected chi connectivity index (χ4v) is 2.21. The van der Waals surface area contributed by atoms with E-state index in [1.807, 2.05) is 6.92 Å². The second-order valence-corrected chi connectivity index (χ2v) is 6.35. The largest absolute Gasteiger partial charge is 0.444 e. The number of aryl methyl sites for hydroxylation is 1. The Bertz CT molecular complexity index is 530. The van der Waals surface area contributed by atoms with Crippen LogP contribution in [0.1, 0.15) is 31.9 Å². The number of aliphatic hydroxyl groups is 1. The van der Waals surface area contributed by atoms with Crippen molar-refractivity contribution in [1.29, 1.82) is 0 Å². The minimum absolute atomic E-state index is 0.0439. The maximum Gasteiger partial charge on any atom is 0.410 e. The Morgan fingerprint density at radius 3 is 2.55 bits per heavy atom. The van der Waals surface area contributed by atoms with Crippen molar-refractivity contribution in [1.82, 2.24) is 4.90 Å². The monoisotopic (exact) mass is 281 g/mol. The zero-order chi connectivity index (χ0) is 15.1. The van der Waals surface area contributed by atoms with Gasteiger partial charge in [0.2, 0.25) is 0 Å². The molecule has 0 bridgehead atoms. The number of ether oxygens (including phenoxy) is 1. The summed E-state index contributed by atoms with van der Waals surface area (Å²) in [6.07, 6.45) is -0.491. The first-order chi connectivity index (χ1) is 9.11. The van der Waals surface area contributed by atoms with Gasteiger partial charge in [-0.25, -0.2) is 9.18 Å². The summed E-state index contributed by atoms with van der Waals surface area (Å²) in [5, 5.41) is 10.4. The molecule has 5 heteroatoms. The van der Waals surface area contributed by atoms with E-state index in [0.29, 0.717) is 0 Å². The van der Waals surface area contributed by atoms with Crippen LogP contribution in [0.4, 0.5) is 9.18 Å². The van der Waals surface area contributed by atoms with Gasteiger partial charge in [0.25, 0.3) is 0 Å². The lowest BCUT2D eigenvalue weighted by Gasteiger charge is -2.46. The highest BCUT2D eigenvalue weighted by Crippen LogP contribution is 2.34. The number of β-amino-alcohol motifs (C(OH)–C–C–N with tert-alkyl or cyclic N) is 1. The molecule has 1 aliphatic heterocycles. The molecule has 1 aliphatic rings. The van der Waals surface area contributed by atoms with Crippen LogP contribution in [0.15, 0.2) is 18.2 Å². The van der Waals surface area contributed by atoms with E-state index in [9.17, 15) is 14.3 Å².